The van der Waals surface area contributed by atoms with Gasteiger partial charge in [-0.3, -0.25) is 13.8 Å². The van der Waals surface area contributed by atoms with E-state index in [4.69, 9.17) is 23.6 Å². The van der Waals surface area contributed by atoms with Crippen LogP contribution in [0.4, 0.5) is 0 Å². The van der Waals surface area contributed by atoms with Gasteiger partial charge in [-0.2, -0.15) is 0 Å². The van der Waals surface area contributed by atoms with Gasteiger partial charge in [0.1, 0.15) is 12.2 Å². The van der Waals surface area contributed by atoms with E-state index in [1.165, 1.54) is 51.4 Å². The lowest BCUT2D eigenvalue weighted by Gasteiger charge is -2.20. The Bertz CT molecular complexity index is 1010. The number of carbonyl (C=O) groups is 1. The number of unbranched alkanes of at least 4 members (excludes halogenated alkanes) is 15. The van der Waals surface area contributed by atoms with Crippen LogP contribution in [-0.2, 0) is 27.9 Å². The fraction of sp³-hybridized carbons (Fsp3) is 0.744. The summed E-state index contributed by atoms with van der Waals surface area (Å²) in [5.41, 5.74) is 0. The molecule has 0 spiro atoms. The van der Waals surface area contributed by atoms with Crippen molar-refractivity contribution in [3.8, 4) is 0 Å². The van der Waals surface area contributed by atoms with Gasteiger partial charge in [0.15, 0.2) is 0 Å². The number of rotatable bonds is 39. The van der Waals surface area contributed by atoms with Gasteiger partial charge in [0.25, 0.3) is 0 Å². The molecule has 53 heavy (non-hydrogen) atoms. The molecule has 0 aliphatic heterocycles. The number of hydrogen-bond acceptors (Lipinski definition) is 8. The van der Waals surface area contributed by atoms with Crippen molar-refractivity contribution in [1.29, 1.82) is 0 Å². The van der Waals surface area contributed by atoms with Crippen molar-refractivity contribution >= 4 is 13.8 Å². The molecule has 308 valence electrons. The van der Waals surface area contributed by atoms with E-state index in [2.05, 4.69) is 74.6 Å². The zero-order valence-electron chi connectivity index (χ0n) is 33.5. The first-order chi connectivity index (χ1) is 25.8. The normalized spacial score (nSPS) is 14.7. The first-order valence-electron chi connectivity index (χ1n) is 20.8. The van der Waals surface area contributed by atoms with E-state index in [9.17, 15) is 19.4 Å². The minimum absolute atomic E-state index is 0.0283. The summed E-state index contributed by atoms with van der Waals surface area (Å²) in [5, 5.41) is 18.3. The van der Waals surface area contributed by atoms with Crippen molar-refractivity contribution in [3.63, 3.8) is 0 Å². The molecule has 3 atom stereocenters. The van der Waals surface area contributed by atoms with E-state index in [0.29, 0.717) is 13.0 Å². The summed E-state index contributed by atoms with van der Waals surface area (Å²) < 4.78 is 33.3. The molecular weight excluding hydrogens is 691 g/mol. The third-order valence-corrected chi connectivity index (χ3v) is 9.39. The summed E-state index contributed by atoms with van der Waals surface area (Å²) in [4.78, 5) is 22.5. The van der Waals surface area contributed by atoms with Crippen LogP contribution < -0.4 is 0 Å². The second-order valence-electron chi connectivity index (χ2n) is 13.6. The number of aliphatic hydroxyl groups excluding tert-OH is 2. The van der Waals surface area contributed by atoms with Crippen LogP contribution in [0.2, 0.25) is 0 Å². The highest BCUT2D eigenvalue weighted by Gasteiger charge is 2.26. The molecule has 0 saturated carbocycles. The molecule has 0 aliphatic carbocycles. The SMILES string of the molecule is CC/C=C\C/C=C\C/C=C\CCCCCCOCC(COP(=O)(O)OCC(O)CO)OC(=O)CCCCCCCCC/C=C\C/C=C\CCCCCC. The molecule has 3 unspecified atom stereocenters. The Labute approximate surface area is 323 Å². The second-order valence-corrected chi connectivity index (χ2v) is 15.1. The number of carbonyl (C=O) groups excluding carboxylic acids is 1. The van der Waals surface area contributed by atoms with Crippen LogP contribution in [0.1, 0.15) is 162 Å². The average molecular weight is 769 g/mol. The molecule has 0 aliphatic rings. The van der Waals surface area contributed by atoms with Crippen LogP contribution >= 0.6 is 7.82 Å². The zero-order valence-corrected chi connectivity index (χ0v) is 34.4. The number of phosphoric acid groups is 1. The van der Waals surface area contributed by atoms with Crippen LogP contribution in [0.5, 0.6) is 0 Å². The van der Waals surface area contributed by atoms with Crippen molar-refractivity contribution in [1.82, 2.24) is 0 Å². The van der Waals surface area contributed by atoms with Crippen molar-refractivity contribution in [2.45, 2.75) is 174 Å². The Morgan fingerprint density at radius 2 is 1.08 bits per heavy atom. The molecular formula is C43H77O9P. The maximum atomic E-state index is 12.6. The van der Waals surface area contributed by atoms with Gasteiger partial charge in [-0.25, -0.2) is 4.57 Å². The minimum atomic E-state index is -4.53. The molecule has 10 heteroatoms. The smallest absolute Gasteiger partial charge is 0.457 e. The van der Waals surface area contributed by atoms with Gasteiger partial charge >= 0.3 is 13.8 Å². The summed E-state index contributed by atoms with van der Waals surface area (Å²) in [7, 11) is -4.53. The second kappa shape index (κ2) is 39.8. The number of ether oxygens (including phenoxy) is 2. The lowest BCUT2D eigenvalue weighted by atomic mass is 10.1. The molecule has 0 aromatic heterocycles. The van der Waals surface area contributed by atoms with E-state index in [1.54, 1.807) is 0 Å². The summed E-state index contributed by atoms with van der Waals surface area (Å²) in [6, 6.07) is 0. The largest absolute Gasteiger partial charge is 0.472 e. The molecule has 0 bridgehead atoms. The number of hydrogen-bond donors (Lipinski definition) is 3. The van der Waals surface area contributed by atoms with E-state index in [0.717, 1.165) is 83.5 Å². The fourth-order valence-corrected chi connectivity index (χ4v) is 6.07. The van der Waals surface area contributed by atoms with Crippen molar-refractivity contribution in [2.24, 2.45) is 0 Å². The molecule has 0 aromatic rings. The van der Waals surface area contributed by atoms with Crippen molar-refractivity contribution in [2.75, 3.05) is 33.0 Å². The predicted octanol–water partition coefficient (Wildman–Crippen LogP) is 11.2. The summed E-state index contributed by atoms with van der Waals surface area (Å²) in [6.07, 6.45) is 44.6. The first-order valence-corrected chi connectivity index (χ1v) is 22.3. The van der Waals surface area contributed by atoms with Gasteiger partial charge in [-0.15, -0.1) is 0 Å². The Morgan fingerprint density at radius 1 is 0.604 bits per heavy atom. The van der Waals surface area contributed by atoms with Crippen LogP contribution in [0, 0.1) is 0 Å². The molecule has 0 aromatic carbocycles. The van der Waals surface area contributed by atoms with Crippen LogP contribution in [0.3, 0.4) is 0 Å². The van der Waals surface area contributed by atoms with E-state index >= 15 is 0 Å². The van der Waals surface area contributed by atoms with E-state index in [-0.39, 0.29) is 13.0 Å². The monoisotopic (exact) mass is 769 g/mol. The predicted molar refractivity (Wildman–Crippen MR) is 219 cm³/mol. The highest BCUT2D eigenvalue weighted by molar-refractivity contribution is 7.47. The standard InChI is InChI=1S/C43H77O9P/c1-3-5-7-9-11-13-15-17-19-20-21-22-23-25-27-29-31-33-35-43(46)52-42(40-51-53(47,48)50-38-41(45)37-44)39-49-36-34-32-30-28-26-24-18-16-14-12-10-8-6-4-2/h6,8,12-15,18-20,24,41-42,44-45H,3-5,7,9-11,16-17,21-23,25-40H2,1-2H3,(H,47,48)/b8-6-,14-12-,15-13-,20-19-,24-18-. The molecule has 0 rings (SSSR count). The highest BCUT2D eigenvalue weighted by atomic mass is 31.2. The van der Waals surface area contributed by atoms with Gasteiger partial charge in [0, 0.05) is 13.0 Å². The fourth-order valence-electron chi connectivity index (χ4n) is 5.28. The van der Waals surface area contributed by atoms with Gasteiger partial charge in [-0.05, 0) is 77.0 Å². The Kier molecular flexibility index (Phi) is 38.5. The van der Waals surface area contributed by atoms with Crippen LogP contribution in [-0.4, -0.2) is 66.3 Å². The Balaban J connectivity index is 4.24. The molecule has 0 heterocycles. The number of esters is 1. The van der Waals surface area contributed by atoms with Gasteiger partial charge < -0.3 is 24.6 Å². The zero-order chi connectivity index (χ0) is 38.9. The minimum Gasteiger partial charge on any atom is -0.457 e. The Hall–Kier alpha value is -1.84. The highest BCUT2D eigenvalue weighted by Crippen LogP contribution is 2.43. The quantitative estimate of drug-likeness (QED) is 0.0242. The number of allylic oxidation sites excluding steroid dienone is 10. The molecule has 0 radical (unpaired) electrons. The van der Waals surface area contributed by atoms with Crippen LogP contribution in [0.15, 0.2) is 60.8 Å². The Morgan fingerprint density at radius 3 is 1.62 bits per heavy atom. The third kappa shape index (κ3) is 39.7. The number of phosphoric ester groups is 1. The molecule has 9 nitrogen and oxygen atoms in total. The average Bonchev–Trinajstić information content (AvgIpc) is 3.15. The molecule has 0 saturated heterocycles. The summed E-state index contributed by atoms with van der Waals surface area (Å²) in [6.45, 7) is 3.31. The lowest BCUT2D eigenvalue weighted by molar-refractivity contribution is -0.154. The number of aliphatic hydroxyl groups is 2. The summed E-state index contributed by atoms with van der Waals surface area (Å²) >= 11 is 0. The topological polar surface area (TPSA) is 132 Å². The molecule has 0 amide bonds. The maximum Gasteiger partial charge on any atom is 0.472 e. The van der Waals surface area contributed by atoms with Crippen LogP contribution in [0.25, 0.3) is 0 Å². The third-order valence-electron chi connectivity index (χ3n) is 8.44. The van der Waals surface area contributed by atoms with Gasteiger partial charge in [0.05, 0.1) is 26.4 Å². The first kappa shape index (κ1) is 51.2. The lowest BCUT2D eigenvalue weighted by Crippen LogP contribution is -2.29. The van der Waals surface area contributed by atoms with Gasteiger partial charge in [-0.1, -0.05) is 139 Å². The van der Waals surface area contributed by atoms with Crippen molar-refractivity contribution in [3.05, 3.63) is 60.8 Å². The van der Waals surface area contributed by atoms with E-state index in [1.807, 2.05) is 0 Å². The van der Waals surface area contributed by atoms with E-state index < -0.39 is 45.8 Å². The summed E-state index contributed by atoms with van der Waals surface area (Å²) in [5.74, 6) is -0.401. The van der Waals surface area contributed by atoms with Crippen molar-refractivity contribution < 1.29 is 43.0 Å². The molecule has 0 fully saturated rings. The molecule has 3 N–H and O–H groups in total. The van der Waals surface area contributed by atoms with Gasteiger partial charge in [0.2, 0.25) is 0 Å². The maximum absolute atomic E-state index is 12.6.